The Balaban J connectivity index is -0.000000171. The topological polar surface area (TPSA) is 365 Å². The van der Waals surface area contributed by atoms with Gasteiger partial charge >= 0.3 is 23.9 Å². The van der Waals surface area contributed by atoms with Crippen LogP contribution in [0.5, 0.6) is 0 Å². The molecule has 100 heavy (non-hydrogen) atoms. The Hall–Kier alpha value is -4.87. The number of aliphatic hydroxyl groups excluding tert-OH is 2. The molecule has 0 radical (unpaired) electrons. The van der Waals surface area contributed by atoms with E-state index in [4.69, 9.17) is 72.3 Å². The van der Waals surface area contributed by atoms with Crippen molar-refractivity contribution in [2.75, 3.05) is 210 Å². The summed E-state index contributed by atoms with van der Waals surface area (Å²) >= 11 is 0. The Labute approximate surface area is 602 Å². The van der Waals surface area contributed by atoms with Crippen molar-refractivity contribution in [3.63, 3.8) is 0 Å². The molecule has 0 aliphatic heterocycles. The number of unbranched alkanes of at least 4 members (excludes halogenated alkanes) is 15. The lowest BCUT2D eigenvalue weighted by atomic mass is 10.1. The minimum absolute atomic E-state index is 0.0431. The zero-order valence-electron chi connectivity index (χ0n) is 64.5. The van der Waals surface area contributed by atoms with Gasteiger partial charge in [-0.25, -0.2) is 9.79 Å². The largest absolute Gasteiger partial charge is 0.463 e. The highest BCUT2D eigenvalue weighted by atomic mass is 16.6. The van der Waals surface area contributed by atoms with Crippen molar-refractivity contribution >= 4 is 41.6 Å². The number of carbonyl (C=O) groups excluding carboxylic acids is 7. The van der Waals surface area contributed by atoms with Crippen molar-refractivity contribution in [2.45, 2.75) is 207 Å². The van der Waals surface area contributed by atoms with Crippen molar-refractivity contribution in [1.82, 2.24) is 5.32 Å². The lowest BCUT2D eigenvalue weighted by Crippen LogP contribution is -2.20. The van der Waals surface area contributed by atoms with E-state index >= 15 is 0 Å². The summed E-state index contributed by atoms with van der Waals surface area (Å²) in [6.45, 7) is 16.8. The summed E-state index contributed by atoms with van der Waals surface area (Å²) in [5, 5.41) is 28.0. The first kappa shape index (κ1) is 111. The van der Waals surface area contributed by atoms with E-state index in [-0.39, 0.29) is 101 Å². The van der Waals surface area contributed by atoms with Gasteiger partial charge in [0.1, 0.15) is 38.8 Å². The molecule has 2 atom stereocenters. The van der Waals surface area contributed by atoms with Gasteiger partial charge in [-0.05, 0) is 104 Å². The average Bonchev–Trinajstić information content (AvgIpc) is 3.65. The first-order valence-corrected chi connectivity index (χ1v) is 35.1. The number of Topliss-reactive ketones (excluding diaryl/α,β-unsaturated/α-hetero) is 1. The SMILES string of the molecule is CC(=O)CCCCCCCNC(C)=O.COCC(C)OC.COCC(C)OC.COCCCCCC(=O)OCCOCCOC(=O)CCCCCOC.COCCOC.COCCOC.N#COCCCCCCN=C=O.O=C(CCCCCO)OCCOCCOC(=O)CCCCCO. The number of isocyanates is 1. The monoisotopic (exact) mass is 1450 g/mol. The number of rotatable bonds is 61. The minimum Gasteiger partial charge on any atom is -0.463 e. The van der Waals surface area contributed by atoms with E-state index in [0.29, 0.717) is 124 Å². The van der Waals surface area contributed by atoms with Gasteiger partial charge < -0.3 is 101 Å². The van der Waals surface area contributed by atoms with Gasteiger partial charge in [-0.1, -0.05) is 51.4 Å². The highest BCUT2D eigenvalue weighted by Crippen LogP contribution is 2.07. The molecule has 0 aliphatic carbocycles. The van der Waals surface area contributed by atoms with Gasteiger partial charge in [0.15, 0.2) is 0 Å². The molecule has 0 heterocycles. The summed E-state index contributed by atoms with van der Waals surface area (Å²) in [4.78, 5) is 79.6. The molecule has 0 rings (SSSR count). The number of carbonyl (C=O) groups is 6. The summed E-state index contributed by atoms with van der Waals surface area (Å²) in [5.74, 6) is -0.617. The summed E-state index contributed by atoms with van der Waals surface area (Å²) in [6, 6.07) is 0. The van der Waals surface area contributed by atoms with E-state index in [9.17, 15) is 33.6 Å². The van der Waals surface area contributed by atoms with E-state index in [1.54, 1.807) is 84.3 Å². The zero-order valence-corrected chi connectivity index (χ0v) is 64.5. The smallest absolute Gasteiger partial charge is 0.305 e. The molecule has 29 heteroatoms. The van der Waals surface area contributed by atoms with Crippen molar-refractivity contribution in [1.29, 1.82) is 5.26 Å². The van der Waals surface area contributed by atoms with Gasteiger partial charge in [0, 0.05) is 143 Å². The summed E-state index contributed by atoms with van der Waals surface area (Å²) in [5.41, 5.74) is 0. The van der Waals surface area contributed by atoms with Crippen LogP contribution in [-0.2, 0) is 114 Å². The van der Waals surface area contributed by atoms with Gasteiger partial charge in [0.2, 0.25) is 12.0 Å². The van der Waals surface area contributed by atoms with Crippen LogP contribution in [0, 0.1) is 11.5 Å². The fourth-order valence-electron chi connectivity index (χ4n) is 6.89. The number of ether oxygens (including phenoxy) is 17. The molecule has 0 bridgehead atoms. The standard InChI is InChI=1S/C18H34O7.C16H30O7.C11H21NO2.C8H12N2O2.2C5H12O2.2C4H10O2/c1-21-11-7-3-5-9-17(19)24-15-13-23-14-16-25-18(20)10-6-4-8-12-22-2;17-9-5-1-3-7-15(19)22-13-11-21-12-14-23-16(20)8-4-2-6-10-18;1-10(13)8-6-4-3-5-7-9-12-11(2)14;9-7-12-6-4-2-1-3-5-10-8-11;2*1-5(7-3)4-6-2;2*1-5-3-4-6-2/h3-16H2,1-2H3;17-18H,1-14H2;3-9H2,1-2H3,(H,12,14);1-6H2;2*5H,4H2,1-3H3;2*3-4H2,1-2H3. The maximum absolute atomic E-state index is 11.4. The second-order valence-corrected chi connectivity index (χ2v) is 21.8. The molecule has 0 spiro atoms. The molecule has 0 aromatic rings. The molecule has 596 valence electrons. The number of ketones is 1. The van der Waals surface area contributed by atoms with Crippen molar-refractivity contribution in [2.24, 2.45) is 4.99 Å². The Morgan fingerprint density at radius 3 is 0.990 bits per heavy atom. The number of aliphatic hydroxyl groups is 2. The lowest BCUT2D eigenvalue weighted by Gasteiger charge is -2.07. The zero-order chi connectivity index (χ0) is 76.7. The van der Waals surface area contributed by atoms with Crippen LogP contribution in [-0.4, -0.2) is 274 Å². The second-order valence-electron chi connectivity index (χ2n) is 21.8. The predicted molar refractivity (Wildman–Crippen MR) is 382 cm³/mol. The van der Waals surface area contributed by atoms with Gasteiger partial charge in [-0.3, -0.25) is 24.0 Å². The van der Waals surface area contributed by atoms with E-state index in [1.807, 2.05) is 13.8 Å². The Morgan fingerprint density at radius 1 is 0.380 bits per heavy atom. The number of aliphatic imine (C=N–C) groups is 1. The van der Waals surface area contributed by atoms with Crippen LogP contribution in [0.1, 0.15) is 195 Å². The third-order valence-corrected chi connectivity index (χ3v) is 12.6. The second kappa shape index (κ2) is 108. The number of nitriles is 1. The number of amides is 1. The molecule has 0 aromatic carbocycles. The van der Waals surface area contributed by atoms with E-state index in [2.05, 4.69) is 34.0 Å². The minimum atomic E-state index is -0.263. The highest BCUT2D eigenvalue weighted by molar-refractivity contribution is 5.75. The number of nitrogens with one attached hydrogen (secondary N) is 1. The molecule has 0 aromatic heterocycles. The fraction of sp³-hybridized carbons (Fsp3) is 0.887. The maximum atomic E-state index is 11.4. The number of methoxy groups -OCH3 is 10. The van der Waals surface area contributed by atoms with Crippen molar-refractivity contribution < 1.29 is 124 Å². The third kappa shape index (κ3) is 133. The first-order valence-electron chi connectivity index (χ1n) is 35.1. The quantitative estimate of drug-likeness (QED) is 0.0128. The molecule has 0 aliphatic rings. The number of nitrogens with zero attached hydrogens (tertiary/aromatic N) is 2. The Kier molecular flexibility index (Phi) is 119. The Bertz CT molecular complexity index is 1630. The van der Waals surface area contributed by atoms with Crippen LogP contribution in [0.4, 0.5) is 0 Å². The molecule has 0 saturated carbocycles. The van der Waals surface area contributed by atoms with Crippen molar-refractivity contribution in [3.8, 4) is 6.26 Å². The number of hydrogen-bond acceptors (Lipinski definition) is 28. The lowest BCUT2D eigenvalue weighted by molar-refractivity contribution is -0.148. The molecule has 3 N–H and O–H groups in total. The number of esters is 4. The predicted octanol–water partition coefficient (Wildman–Crippen LogP) is 9.02. The van der Waals surface area contributed by atoms with Crippen LogP contribution in [0.3, 0.4) is 0 Å². The highest BCUT2D eigenvalue weighted by Gasteiger charge is 2.07. The summed E-state index contributed by atoms with van der Waals surface area (Å²) in [6.07, 6.45) is 25.0. The van der Waals surface area contributed by atoms with Gasteiger partial charge in [-0.15, -0.1) is 0 Å². The fourth-order valence-corrected chi connectivity index (χ4v) is 6.89. The van der Waals surface area contributed by atoms with Gasteiger partial charge in [-0.2, -0.15) is 5.26 Å². The molecule has 2 unspecified atom stereocenters. The van der Waals surface area contributed by atoms with Crippen molar-refractivity contribution in [3.05, 3.63) is 0 Å². The summed E-state index contributed by atoms with van der Waals surface area (Å²) < 4.78 is 82.8. The Morgan fingerprint density at radius 2 is 0.690 bits per heavy atom. The van der Waals surface area contributed by atoms with Gasteiger partial charge in [0.05, 0.1) is 84.8 Å². The molecule has 29 nitrogen and oxygen atoms in total. The third-order valence-electron chi connectivity index (χ3n) is 12.6. The molecular weight excluding hydrogens is 1310 g/mol. The van der Waals surface area contributed by atoms with Crippen LogP contribution in [0.25, 0.3) is 0 Å². The maximum Gasteiger partial charge on any atom is 0.305 e. The normalized spacial score (nSPS) is 10.5. The molecular formula is C71H141N3O26. The molecule has 0 saturated heterocycles. The van der Waals surface area contributed by atoms with Crippen LogP contribution >= 0.6 is 0 Å². The number of hydrogen-bond donors (Lipinski definition) is 3. The van der Waals surface area contributed by atoms with Crippen LogP contribution in [0.2, 0.25) is 0 Å². The van der Waals surface area contributed by atoms with Crippen LogP contribution in [0.15, 0.2) is 4.99 Å². The van der Waals surface area contributed by atoms with E-state index < -0.39 is 0 Å². The van der Waals surface area contributed by atoms with E-state index in [0.717, 1.165) is 129 Å². The first-order chi connectivity index (χ1) is 48.4. The average molecular weight is 1450 g/mol. The summed E-state index contributed by atoms with van der Waals surface area (Å²) in [7, 11) is 16.6. The van der Waals surface area contributed by atoms with Crippen LogP contribution < -0.4 is 5.32 Å². The molecule has 0 fully saturated rings. The van der Waals surface area contributed by atoms with E-state index in [1.165, 1.54) is 13.0 Å². The van der Waals surface area contributed by atoms with Gasteiger partial charge in [0.25, 0.3) is 6.26 Å². The molecule has 1 amide bonds.